The van der Waals surface area contributed by atoms with Crippen molar-refractivity contribution in [1.29, 1.82) is 0 Å². The summed E-state index contributed by atoms with van der Waals surface area (Å²) in [6.07, 6.45) is 4.03. The van der Waals surface area contributed by atoms with Crippen LogP contribution in [-0.2, 0) is 0 Å². The van der Waals surface area contributed by atoms with Crippen LogP contribution in [0, 0.1) is 5.92 Å². The van der Waals surface area contributed by atoms with Gasteiger partial charge in [-0.1, -0.05) is 6.92 Å². The number of rotatable bonds is 5. The third-order valence-electron chi connectivity index (χ3n) is 4.42. The maximum absolute atomic E-state index is 5.34. The minimum Gasteiger partial charge on any atom is -0.493 e. The lowest BCUT2D eigenvalue weighted by Gasteiger charge is -2.31. The van der Waals surface area contributed by atoms with Gasteiger partial charge < -0.3 is 19.7 Å². The molecule has 0 bridgehead atoms. The minimum atomic E-state index is 0.682. The summed E-state index contributed by atoms with van der Waals surface area (Å²) in [5.74, 6) is 3.92. The number of ether oxygens (including phenoxy) is 2. The van der Waals surface area contributed by atoms with Gasteiger partial charge in [-0.25, -0.2) is 9.97 Å². The Morgan fingerprint density at radius 2 is 1.79 bits per heavy atom. The van der Waals surface area contributed by atoms with Crippen molar-refractivity contribution in [3.05, 3.63) is 30.6 Å². The van der Waals surface area contributed by atoms with Crippen LogP contribution in [0.5, 0.6) is 11.5 Å². The number of hydrogen-bond donors (Lipinski definition) is 1. The van der Waals surface area contributed by atoms with Crippen molar-refractivity contribution >= 4 is 17.3 Å². The Labute approximate surface area is 142 Å². The highest BCUT2D eigenvalue weighted by Gasteiger charge is 2.17. The lowest BCUT2D eigenvalue weighted by molar-refractivity contribution is 0.355. The fourth-order valence-electron chi connectivity index (χ4n) is 2.89. The van der Waals surface area contributed by atoms with E-state index in [1.54, 1.807) is 20.5 Å². The first-order valence-electron chi connectivity index (χ1n) is 8.25. The largest absolute Gasteiger partial charge is 0.493 e. The van der Waals surface area contributed by atoms with E-state index >= 15 is 0 Å². The van der Waals surface area contributed by atoms with Crippen molar-refractivity contribution in [1.82, 2.24) is 9.97 Å². The normalized spacial score (nSPS) is 15.2. The first-order valence-corrected chi connectivity index (χ1v) is 8.25. The molecular weight excluding hydrogens is 304 g/mol. The van der Waals surface area contributed by atoms with Gasteiger partial charge in [-0.15, -0.1) is 0 Å². The molecule has 0 spiro atoms. The van der Waals surface area contributed by atoms with Crippen LogP contribution in [-0.4, -0.2) is 37.3 Å². The molecule has 0 aliphatic carbocycles. The molecule has 6 heteroatoms. The summed E-state index contributed by atoms with van der Waals surface area (Å²) in [6, 6.07) is 7.69. The molecule has 0 saturated carbocycles. The molecule has 0 radical (unpaired) electrons. The second-order valence-electron chi connectivity index (χ2n) is 6.13. The number of methoxy groups -OCH3 is 2. The SMILES string of the molecule is COc1ccc(Nc2cc(N3CCC(C)CC3)ncn2)cc1OC. The monoisotopic (exact) mass is 328 g/mol. The molecule has 6 nitrogen and oxygen atoms in total. The molecule has 1 fully saturated rings. The highest BCUT2D eigenvalue weighted by molar-refractivity contribution is 5.63. The Balaban J connectivity index is 1.75. The maximum atomic E-state index is 5.34. The van der Waals surface area contributed by atoms with Crippen molar-refractivity contribution in [2.24, 2.45) is 5.92 Å². The number of anilines is 3. The number of nitrogens with one attached hydrogen (secondary N) is 1. The van der Waals surface area contributed by atoms with E-state index in [1.165, 1.54) is 12.8 Å². The molecule has 3 rings (SSSR count). The summed E-state index contributed by atoms with van der Waals surface area (Å²) in [7, 11) is 3.25. The molecule has 0 unspecified atom stereocenters. The van der Waals surface area contributed by atoms with Crippen LogP contribution >= 0.6 is 0 Å². The van der Waals surface area contributed by atoms with Gasteiger partial charge in [-0.2, -0.15) is 0 Å². The Kier molecular flexibility index (Phi) is 5.03. The van der Waals surface area contributed by atoms with Gasteiger partial charge in [0.25, 0.3) is 0 Å². The fourth-order valence-corrected chi connectivity index (χ4v) is 2.89. The van der Waals surface area contributed by atoms with Crippen LogP contribution in [0.3, 0.4) is 0 Å². The zero-order valence-corrected chi connectivity index (χ0v) is 14.5. The number of benzene rings is 1. The number of piperidine rings is 1. The Hall–Kier alpha value is -2.50. The predicted molar refractivity (Wildman–Crippen MR) is 95.5 cm³/mol. The molecule has 2 aromatic rings. The third kappa shape index (κ3) is 3.69. The number of hydrogen-bond acceptors (Lipinski definition) is 6. The van der Waals surface area contributed by atoms with Crippen molar-refractivity contribution in [3.63, 3.8) is 0 Å². The van der Waals surface area contributed by atoms with Gasteiger partial charge in [0.05, 0.1) is 14.2 Å². The minimum absolute atomic E-state index is 0.682. The molecule has 1 N–H and O–H groups in total. The van der Waals surface area contributed by atoms with E-state index in [-0.39, 0.29) is 0 Å². The van der Waals surface area contributed by atoms with E-state index in [4.69, 9.17) is 9.47 Å². The summed E-state index contributed by atoms with van der Waals surface area (Å²) >= 11 is 0. The lowest BCUT2D eigenvalue weighted by atomic mass is 9.99. The van der Waals surface area contributed by atoms with Gasteiger partial charge in [-0.05, 0) is 30.9 Å². The van der Waals surface area contributed by atoms with Crippen molar-refractivity contribution in [2.45, 2.75) is 19.8 Å². The van der Waals surface area contributed by atoms with Crippen molar-refractivity contribution in [2.75, 3.05) is 37.5 Å². The standard InChI is InChI=1S/C18H24N4O2/c1-13-6-8-22(9-7-13)18-11-17(19-12-20-18)21-14-4-5-15(23-2)16(10-14)24-3/h4-5,10-13H,6-9H2,1-3H3,(H,19,20,21). The molecule has 0 atom stereocenters. The quantitative estimate of drug-likeness (QED) is 0.907. The fraction of sp³-hybridized carbons (Fsp3) is 0.444. The van der Waals surface area contributed by atoms with Crippen LogP contribution in [0.4, 0.5) is 17.3 Å². The molecule has 2 heterocycles. The van der Waals surface area contributed by atoms with Crippen LogP contribution in [0.1, 0.15) is 19.8 Å². The van der Waals surface area contributed by atoms with Gasteiger partial charge in [0.2, 0.25) is 0 Å². The van der Waals surface area contributed by atoms with E-state index in [0.717, 1.165) is 36.3 Å². The van der Waals surface area contributed by atoms with Crippen LogP contribution in [0.15, 0.2) is 30.6 Å². The number of nitrogens with zero attached hydrogens (tertiary/aromatic N) is 3. The van der Waals surface area contributed by atoms with E-state index in [2.05, 4.69) is 27.1 Å². The van der Waals surface area contributed by atoms with E-state index in [0.29, 0.717) is 11.5 Å². The molecule has 128 valence electrons. The van der Waals surface area contributed by atoms with Crippen LogP contribution < -0.4 is 19.7 Å². The lowest BCUT2D eigenvalue weighted by Crippen LogP contribution is -2.33. The summed E-state index contributed by atoms with van der Waals surface area (Å²) in [4.78, 5) is 11.1. The molecule has 1 saturated heterocycles. The van der Waals surface area contributed by atoms with Crippen LogP contribution in [0.25, 0.3) is 0 Å². The highest BCUT2D eigenvalue weighted by atomic mass is 16.5. The molecular formula is C18H24N4O2. The topological polar surface area (TPSA) is 59.5 Å². The average molecular weight is 328 g/mol. The summed E-state index contributed by atoms with van der Waals surface area (Å²) in [5.41, 5.74) is 0.893. The molecule has 1 aromatic heterocycles. The first-order chi connectivity index (χ1) is 11.7. The summed E-state index contributed by atoms with van der Waals surface area (Å²) < 4.78 is 10.6. The molecule has 1 aromatic carbocycles. The second kappa shape index (κ2) is 7.38. The van der Waals surface area contributed by atoms with Crippen molar-refractivity contribution in [3.8, 4) is 11.5 Å². The van der Waals surface area contributed by atoms with Gasteiger partial charge in [0.1, 0.15) is 18.0 Å². The van der Waals surface area contributed by atoms with Gasteiger partial charge in [0.15, 0.2) is 11.5 Å². The third-order valence-corrected chi connectivity index (χ3v) is 4.42. The Morgan fingerprint density at radius 3 is 2.50 bits per heavy atom. The summed E-state index contributed by atoms with van der Waals surface area (Å²) in [5, 5.41) is 3.30. The molecule has 0 amide bonds. The maximum Gasteiger partial charge on any atom is 0.162 e. The molecule has 1 aliphatic heterocycles. The smallest absolute Gasteiger partial charge is 0.162 e. The van der Waals surface area contributed by atoms with Gasteiger partial charge in [-0.3, -0.25) is 0 Å². The van der Waals surface area contributed by atoms with Crippen LogP contribution in [0.2, 0.25) is 0 Å². The Morgan fingerprint density at radius 1 is 1.04 bits per heavy atom. The van der Waals surface area contributed by atoms with Crippen molar-refractivity contribution < 1.29 is 9.47 Å². The zero-order chi connectivity index (χ0) is 16.9. The molecule has 1 aliphatic rings. The first kappa shape index (κ1) is 16.4. The van der Waals surface area contributed by atoms with Gasteiger partial charge in [0, 0.05) is 30.9 Å². The Bertz CT molecular complexity index is 684. The molecule has 24 heavy (non-hydrogen) atoms. The highest BCUT2D eigenvalue weighted by Crippen LogP contribution is 2.31. The predicted octanol–water partition coefficient (Wildman–Crippen LogP) is 3.47. The van der Waals surface area contributed by atoms with E-state index in [1.807, 2.05) is 24.3 Å². The second-order valence-corrected chi connectivity index (χ2v) is 6.13. The van der Waals surface area contributed by atoms with E-state index < -0.39 is 0 Å². The summed E-state index contributed by atoms with van der Waals surface area (Å²) in [6.45, 7) is 4.41. The van der Waals surface area contributed by atoms with Gasteiger partial charge >= 0.3 is 0 Å². The number of aromatic nitrogens is 2. The zero-order valence-electron chi connectivity index (χ0n) is 14.5. The van der Waals surface area contributed by atoms with E-state index in [9.17, 15) is 0 Å². The average Bonchev–Trinajstić information content (AvgIpc) is 2.62.